The van der Waals surface area contributed by atoms with Crippen molar-refractivity contribution in [2.45, 2.75) is 114 Å². The summed E-state index contributed by atoms with van der Waals surface area (Å²) in [5.74, 6) is 0.384. The van der Waals surface area contributed by atoms with E-state index in [0.717, 1.165) is 168 Å². The Labute approximate surface area is 615 Å². The highest BCUT2D eigenvalue weighted by molar-refractivity contribution is 8.14. The van der Waals surface area contributed by atoms with Gasteiger partial charge in [-0.05, 0) is 211 Å². The summed E-state index contributed by atoms with van der Waals surface area (Å²) >= 11 is 3.48. The van der Waals surface area contributed by atoms with E-state index < -0.39 is 23.5 Å². The van der Waals surface area contributed by atoms with Crippen LogP contribution in [0.4, 0.5) is 83.6 Å². The summed E-state index contributed by atoms with van der Waals surface area (Å²) in [6.07, 6.45) is 0.483. The average Bonchev–Trinajstić information content (AvgIpc) is 0.685. The number of carbonyl (C=O) groups excluding carboxylic acids is 3. The number of hydrogen-bond acceptors (Lipinski definition) is 9. The number of halogens is 8. The first-order chi connectivity index (χ1) is 50.0. The number of aryl methyl sites for hydroxylation is 2. The van der Waals surface area contributed by atoms with Crippen LogP contribution in [-0.4, -0.2) is 73.3 Å². The van der Waals surface area contributed by atoms with E-state index in [1.807, 2.05) is 24.3 Å². The average molecular weight is 1470 g/mol. The molecule has 9 nitrogen and oxygen atoms in total. The lowest BCUT2D eigenvalue weighted by molar-refractivity contribution is -0.138. The van der Waals surface area contributed by atoms with Crippen molar-refractivity contribution in [2.75, 3.05) is 88.2 Å². The van der Waals surface area contributed by atoms with Crippen LogP contribution in [0.3, 0.4) is 0 Å². The second-order valence-corrected chi connectivity index (χ2v) is 30.3. The lowest BCUT2D eigenvalue weighted by Gasteiger charge is -2.43. The number of benzene rings is 9. The molecular formula is C84H82F8N6O3S3. The van der Waals surface area contributed by atoms with Crippen molar-refractivity contribution < 1.29 is 49.5 Å². The Morgan fingerprint density at radius 3 is 0.942 bits per heavy atom. The number of nitrogens with one attached hydrogen (secondary N) is 3. The van der Waals surface area contributed by atoms with Crippen molar-refractivity contribution in [1.82, 2.24) is 0 Å². The summed E-state index contributed by atoms with van der Waals surface area (Å²) in [5, 5.41) is 8.60. The van der Waals surface area contributed by atoms with Crippen LogP contribution in [0, 0.1) is 25.5 Å². The third kappa shape index (κ3) is 16.2. The van der Waals surface area contributed by atoms with E-state index in [4.69, 9.17) is 0 Å². The highest BCUT2D eigenvalue weighted by Gasteiger charge is 2.41. The quantitative estimate of drug-likeness (QED) is 0.109. The topological polar surface area (TPSA) is 97.0 Å². The molecule has 0 saturated heterocycles. The van der Waals surface area contributed by atoms with Crippen LogP contribution in [0.1, 0.15) is 176 Å². The number of anilines is 6. The minimum Gasteiger partial charge on any atom is -0.371 e. The summed E-state index contributed by atoms with van der Waals surface area (Å²) in [6.45, 7) is 11.5. The minimum atomic E-state index is -4.49. The van der Waals surface area contributed by atoms with Crippen molar-refractivity contribution >= 4 is 85.1 Å². The molecule has 20 heteroatoms. The summed E-state index contributed by atoms with van der Waals surface area (Å²) in [7, 11) is 0. The van der Waals surface area contributed by atoms with E-state index in [-0.39, 0.29) is 51.0 Å². The molecule has 0 fully saturated rings. The zero-order valence-corrected chi connectivity index (χ0v) is 60.9. The highest BCUT2D eigenvalue weighted by atomic mass is 32.2. The van der Waals surface area contributed by atoms with Crippen molar-refractivity contribution in [3.63, 3.8) is 0 Å². The fraction of sp³-hybridized carbons (Fsp3) is 0.321. The molecule has 0 saturated carbocycles. The maximum absolute atomic E-state index is 14.0. The minimum absolute atomic E-state index is 0.0353. The van der Waals surface area contributed by atoms with Crippen LogP contribution in [0.2, 0.25) is 0 Å². The summed E-state index contributed by atoms with van der Waals surface area (Å²) in [6, 6.07) is 54.2. The zero-order chi connectivity index (χ0) is 73.1. The first-order valence-electron chi connectivity index (χ1n) is 35.4. The molecule has 0 aromatic heterocycles. The van der Waals surface area contributed by atoms with Gasteiger partial charge in [0.05, 0.1) is 11.1 Å². The summed E-state index contributed by atoms with van der Waals surface area (Å²) in [4.78, 5) is 44.1. The van der Waals surface area contributed by atoms with Crippen LogP contribution in [0.15, 0.2) is 182 Å². The fourth-order valence-electron chi connectivity index (χ4n) is 16.3. The first kappa shape index (κ1) is 73.6. The van der Waals surface area contributed by atoms with Crippen LogP contribution < -0.4 is 30.7 Å². The normalized spacial score (nSPS) is 19.2. The number of thioether (sulfide) groups is 3. The molecule has 9 aromatic carbocycles. The van der Waals surface area contributed by atoms with Crippen molar-refractivity contribution in [2.24, 2.45) is 0 Å². The van der Waals surface area contributed by atoms with Gasteiger partial charge in [0.1, 0.15) is 11.6 Å². The first-order valence-corrected chi connectivity index (χ1v) is 38.9. The second kappa shape index (κ2) is 31.5. The van der Waals surface area contributed by atoms with Gasteiger partial charge in [-0.25, -0.2) is 8.78 Å². The van der Waals surface area contributed by atoms with Gasteiger partial charge in [-0.3, -0.25) is 14.4 Å². The van der Waals surface area contributed by atoms with Gasteiger partial charge in [0.15, 0.2) is 0 Å². The Morgan fingerprint density at radius 1 is 0.385 bits per heavy atom. The molecule has 3 N–H and O–H groups in total. The lowest BCUT2D eigenvalue weighted by atomic mass is 9.76. The number of amides is 3. The largest absolute Gasteiger partial charge is 0.416 e. The van der Waals surface area contributed by atoms with Gasteiger partial charge < -0.3 is 30.7 Å². The number of alkyl halides is 6. The Balaban J connectivity index is 0.000000139. The van der Waals surface area contributed by atoms with E-state index in [9.17, 15) is 49.5 Å². The molecule has 0 bridgehead atoms. The Bertz CT molecular complexity index is 4400. The Hall–Kier alpha value is -8.72. The van der Waals surface area contributed by atoms with Crippen molar-refractivity contribution in [3.05, 3.63) is 283 Å². The Kier molecular flexibility index (Phi) is 22.3. The molecule has 0 aliphatic carbocycles. The molecule has 6 aliphatic heterocycles. The molecule has 9 aromatic rings. The number of carbonyl (C=O) groups is 3. The molecule has 0 radical (unpaired) electrons. The van der Waals surface area contributed by atoms with Gasteiger partial charge in [0, 0.05) is 115 Å². The molecule has 6 heterocycles. The predicted molar refractivity (Wildman–Crippen MR) is 410 cm³/mol. The molecule has 0 unspecified atom stereocenters. The molecule has 6 atom stereocenters. The third-order valence-electron chi connectivity index (χ3n) is 21.1. The molecule has 3 amide bonds. The van der Waals surface area contributed by atoms with Gasteiger partial charge >= 0.3 is 12.4 Å². The lowest BCUT2D eigenvalue weighted by Crippen LogP contribution is -2.37. The van der Waals surface area contributed by atoms with E-state index >= 15 is 0 Å². The van der Waals surface area contributed by atoms with Gasteiger partial charge in [0.25, 0.3) is 15.7 Å². The third-order valence-corrected chi connectivity index (χ3v) is 23.0. The fourth-order valence-corrected chi connectivity index (χ4v) is 17.3. The van der Waals surface area contributed by atoms with Crippen LogP contribution in [-0.2, 0) is 12.4 Å². The molecule has 15 rings (SSSR count). The number of hydrogen-bond donors (Lipinski definition) is 3. The SMILES string of the molecule is CCCSC(=O)Nc1cc2c3c(c1)[C@H](c1ccc(C)cc1)CCN3CC[C@H]2c1ccc(C)cc1.CSC(=O)Nc1cc2c3c(c1)[C@H](c1cccc(C(F)(F)F)c1)CCN3CC[C@H]2c1cccc(C(F)(F)F)c1.CSC(=O)Nc1cc2c3c(c1)[C@H](c1cccc(F)c1)CCN3CC[C@H]2c1cccc(F)c1. The van der Waals surface area contributed by atoms with Gasteiger partial charge in [0.2, 0.25) is 0 Å². The maximum atomic E-state index is 14.0. The second-order valence-electron chi connectivity index (χ2n) is 27.7. The molecule has 6 aliphatic rings. The molecule has 0 spiro atoms. The van der Waals surface area contributed by atoms with Crippen LogP contribution >= 0.6 is 35.3 Å². The summed E-state index contributed by atoms with van der Waals surface area (Å²) in [5.41, 5.74) is 18.7. The number of rotatable bonds is 11. The van der Waals surface area contributed by atoms with Gasteiger partial charge in [-0.1, -0.05) is 163 Å². The highest BCUT2D eigenvalue weighted by Crippen LogP contribution is 2.54. The van der Waals surface area contributed by atoms with Gasteiger partial charge in [-0.2, -0.15) is 26.3 Å². The van der Waals surface area contributed by atoms with E-state index in [0.29, 0.717) is 54.6 Å². The predicted octanol–water partition coefficient (Wildman–Crippen LogP) is 23.1. The molecule has 104 heavy (non-hydrogen) atoms. The monoisotopic (exact) mass is 1470 g/mol. The standard InChI is InChI=1S/C30H34N2OS.C28H24F6N2OS.C26H24F2N2OS/c1-4-17-34-30(33)31-24-18-27-25(22-9-5-20(2)6-10-22)13-15-32-16-14-26(28(19-24)29(27)32)23-11-7-21(3)8-12-23;1-38-26(37)35-20-14-23-21(16-4-2-6-18(12-16)27(29,30)31)8-10-36-11-9-22(24(15-20)25(23)36)17-5-3-7-19(13-17)28(32,33)34;1-32-26(31)29-20-14-23-21(16-4-2-6-18(27)12-16)8-10-30-11-9-22(24(15-20)25(23)30)17-5-3-7-19(28)13-17/h5-12,18-19,25-26H,4,13-17H2,1-3H3,(H,31,33);2-7,12-15,21-22H,8-11H2,1H3,(H,35,37);2-7,12-15,21-22H,8-11H2,1H3,(H,29,31)/t25-,26-;2*21-,22-/m000/s1. The zero-order valence-electron chi connectivity index (χ0n) is 58.5. The molecular weight excluding hydrogens is 1390 g/mol. The van der Waals surface area contributed by atoms with E-state index in [2.05, 4.69) is 112 Å². The van der Waals surface area contributed by atoms with E-state index in [1.54, 1.807) is 61.0 Å². The van der Waals surface area contributed by atoms with E-state index in [1.165, 1.54) is 75.1 Å². The van der Waals surface area contributed by atoms with Gasteiger partial charge in [-0.15, -0.1) is 0 Å². The van der Waals surface area contributed by atoms with Crippen LogP contribution in [0.25, 0.3) is 0 Å². The maximum Gasteiger partial charge on any atom is 0.416 e. The Morgan fingerprint density at radius 2 is 0.663 bits per heavy atom. The summed E-state index contributed by atoms with van der Waals surface area (Å²) < 4.78 is 109. The smallest absolute Gasteiger partial charge is 0.371 e. The molecule has 540 valence electrons. The number of nitrogens with zero attached hydrogens (tertiary/aromatic N) is 3. The van der Waals surface area contributed by atoms with Crippen molar-refractivity contribution in [1.29, 1.82) is 0 Å². The van der Waals surface area contributed by atoms with Crippen LogP contribution in [0.5, 0.6) is 0 Å². The van der Waals surface area contributed by atoms with Crippen molar-refractivity contribution in [3.8, 4) is 0 Å².